The van der Waals surface area contributed by atoms with E-state index in [4.69, 9.17) is 40.5 Å². The Morgan fingerprint density at radius 3 is 2.25 bits per heavy atom. The lowest BCUT2D eigenvalue weighted by molar-refractivity contribution is 1.53. The second-order valence-electron chi connectivity index (χ2n) is 2.25. The normalized spacial score (nSPS) is 9.92. The van der Waals surface area contributed by atoms with Gasteiger partial charge in [-0.25, -0.2) is 0 Å². The van der Waals surface area contributed by atoms with E-state index in [-0.39, 0.29) is 0 Å². The molecule has 1 aromatic rings. The topological polar surface area (TPSA) is 26.0 Å². The first-order valence-electron chi connectivity index (χ1n) is 3.12. The minimum atomic E-state index is 0.308. The summed E-state index contributed by atoms with van der Waals surface area (Å²) in [5, 5.41) is 1.06. The zero-order valence-electron chi connectivity index (χ0n) is 6.07. The highest BCUT2D eigenvalue weighted by Gasteiger charge is 2.08. The molecule has 0 radical (unpaired) electrons. The largest absolute Gasteiger partial charge is 0.399 e. The second-order valence-corrected chi connectivity index (χ2v) is 3.41. The first kappa shape index (κ1) is 9.72. The Morgan fingerprint density at radius 1 is 1.17 bits per heavy atom. The van der Waals surface area contributed by atoms with Crippen LogP contribution in [0.25, 0.3) is 5.70 Å². The minimum Gasteiger partial charge on any atom is -0.399 e. The van der Waals surface area contributed by atoms with E-state index in [1.54, 1.807) is 12.1 Å². The summed E-state index contributed by atoms with van der Waals surface area (Å²) in [5.74, 6) is 0. The lowest BCUT2D eigenvalue weighted by Crippen LogP contribution is -1.94. The van der Waals surface area contributed by atoms with Crippen molar-refractivity contribution >= 4 is 40.5 Å². The van der Waals surface area contributed by atoms with E-state index < -0.39 is 0 Å². The third-order valence-corrected chi connectivity index (χ3v) is 2.67. The molecule has 0 aliphatic carbocycles. The quantitative estimate of drug-likeness (QED) is 0.722. The van der Waals surface area contributed by atoms with Crippen LogP contribution in [0.2, 0.25) is 15.1 Å². The Morgan fingerprint density at radius 2 is 1.75 bits per heavy atom. The van der Waals surface area contributed by atoms with Crippen LogP contribution in [0.15, 0.2) is 18.7 Å². The molecule has 1 aromatic carbocycles. The average molecular weight is 223 g/mol. The molecule has 1 rings (SSSR count). The summed E-state index contributed by atoms with van der Waals surface area (Å²) in [6.07, 6.45) is 0. The zero-order valence-corrected chi connectivity index (χ0v) is 8.34. The van der Waals surface area contributed by atoms with Crippen LogP contribution in [0.5, 0.6) is 0 Å². The lowest BCUT2D eigenvalue weighted by atomic mass is 10.2. The number of hydrogen-bond donors (Lipinski definition) is 1. The van der Waals surface area contributed by atoms with Crippen LogP contribution in [0, 0.1) is 0 Å². The van der Waals surface area contributed by atoms with Crippen molar-refractivity contribution in [3.8, 4) is 0 Å². The van der Waals surface area contributed by atoms with Crippen LogP contribution in [-0.2, 0) is 0 Å². The van der Waals surface area contributed by atoms with Crippen molar-refractivity contribution in [2.45, 2.75) is 0 Å². The monoisotopic (exact) mass is 221 g/mol. The van der Waals surface area contributed by atoms with Crippen molar-refractivity contribution in [3.63, 3.8) is 0 Å². The standard InChI is InChI=1S/C8H6Cl3N/c1-4(12)5-2-3-6(9)8(11)7(5)10/h2-3H,1,12H2. The number of rotatable bonds is 1. The number of hydrogen-bond acceptors (Lipinski definition) is 1. The SMILES string of the molecule is C=C(N)c1ccc(Cl)c(Cl)c1Cl. The molecule has 0 aromatic heterocycles. The zero-order chi connectivity index (χ0) is 9.30. The highest BCUT2D eigenvalue weighted by atomic mass is 35.5. The molecular weight excluding hydrogens is 216 g/mol. The van der Waals surface area contributed by atoms with Gasteiger partial charge in [0, 0.05) is 11.3 Å². The lowest BCUT2D eigenvalue weighted by Gasteiger charge is -2.05. The van der Waals surface area contributed by atoms with Gasteiger partial charge in [-0.2, -0.15) is 0 Å². The maximum absolute atomic E-state index is 5.84. The average Bonchev–Trinajstić information content (AvgIpc) is 2.00. The van der Waals surface area contributed by atoms with Gasteiger partial charge in [0.1, 0.15) is 0 Å². The molecule has 4 heteroatoms. The molecule has 0 saturated carbocycles. The number of halogens is 3. The van der Waals surface area contributed by atoms with E-state index in [0.717, 1.165) is 0 Å². The van der Waals surface area contributed by atoms with Crippen molar-refractivity contribution in [2.75, 3.05) is 0 Å². The van der Waals surface area contributed by atoms with Gasteiger partial charge in [-0.05, 0) is 12.1 Å². The van der Waals surface area contributed by atoms with Crippen molar-refractivity contribution in [2.24, 2.45) is 5.73 Å². The molecule has 1 nitrogen and oxygen atoms in total. The van der Waals surface area contributed by atoms with Crippen LogP contribution >= 0.6 is 34.8 Å². The Bertz CT molecular complexity index is 333. The van der Waals surface area contributed by atoms with E-state index in [2.05, 4.69) is 6.58 Å². The van der Waals surface area contributed by atoms with Gasteiger partial charge >= 0.3 is 0 Å². The summed E-state index contributed by atoms with van der Waals surface area (Å²) in [4.78, 5) is 0. The maximum atomic E-state index is 5.84. The van der Waals surface area contributed by atoms with Gasteiger partial charge in [0.2, 0.25) is 0 Å². The fourth-order valence-electron chi connectivity index (χ4n) is 0.774. The van der Waals surface area contributed by atoms with Crippen LogP contribution in [0.3, 0.4) is 0 Å². The van der Waals surface area contributed by atoms with Crippen LogP contribution in [0.1, 0.15) is 5.56 Å². The molecule has 12 heavy (non-hydrogen) atoms. The Labute approximate surface area is 85.7 Å². The minimum absolute atomic E-state index is 0.308. The van der Waals surface area contributed by atoms with E-state index in [1.165, 1.54) is 0 Å². The molecule has 0 unspecified atom stereocenters. The number of nitrogens with two attached hydrogens (primary N) is 1. The van der Waals surface area contributed by atoms with Crippen molar-refractivity contribution in [3.05, 3.63) is 39.3 Å². The molecule has 0 fully saturated rings. The molecule has 0 amide bonds. The predicted molar refractivity (Wildman–Crippen MR) is 54.7 cm³/mol. The fraction of sp³-hybridized carbons (Fsp3) is 0. The highest BCUT2D eigenvalue weighted by Crippen LogP contribution is 2.34. The summed E-state index contributed by atoms with van der Waals surface area (Å²) in [6, 6.07) is 3.31. The van der Waals surface area contributed by atoms with Crippen molar-refractivity contribution in [1.29, 1.82) is 0 Å². The summed E-state index contributed by atoms with van der Waals surface area (Å²) in [5.41, 5.74) is 6.44. The molecule has 0 atom stereocenters. The molecule has 0 aliphatic heterocycles. The highest BCUT2D eigenvalue weighted by molar-refractivity contribution is 6.48. The maximum Gasteiger partial charge on any atom is 0.0785 e. The van der Waals surface area contributed by atoms with Gasteiger partial charge in [0.05, 0.1) is 15.1 Å². The third-order valence-electron chi connectivity index (χ3n) is 1.38. The molecular formula is C8H6Cl3N. The van der Waals surface area contributed by atoms with Gasteiger partial charge in [-0.1, -0.05) is 41.4 Å². The Balaban J connectivity index is 3.36. The molecule has 0 heterocycles. The van der Waals surface area contributed by atoms with Gasteiger partial charge in [-0.3, -0.25) is 0 Å². The second kappa shape index (κ2) is 3.56. The van der Waals surface area contributed by atoms with Gasteiger partial charge in [0.25, 0.3) is 0 Å². The smallest absolute Gasteiger partial charge is 0.0785 e. The molecule has 2 N–H and O–H groups in total. The first-order valence-corrected chi connectivity index (χ1v) is 4.25. The third kappa shape index (κ3) is 1.69. The Kier molecular flexibility index (Phi) is 2.89. The van der Waals surface area contributed by atoms with E-state index >= 15 is 0 Å². The summed E-state index contributed by atoms with van der Waals surface area (Å²) in [7, 11) is 0. The molecule has 64 valence electrons. The first-order chi connectivity index (χ1) is 5.54. The fourth-order valence-corrected chi connectivity index (χ4v) is 1.43. The van der Waals surface area contributed by atoms with Gasteiger partial charge in [-0.15, -0.1) is 0 Å². The summed E-state index contributed by atoms with van der Waals surface area (Å²) >= 11 is 17.3. The Hall–Kier alpha value is -0.370. The van der Waals surface area contributed by atoms with Crippen LogP contribution in [0.4, 0.5) is 0 Å². The van der Waals surface area contributed by atoms with Crippen LogP contribution < -0.4 is 5.73 Å². The van der Waals surface area contributed by atoms with E-state index in [1.807, 2.05) is 0 Å². The number of benzene rings is 1. The predicted octanol–water partition coefficient (Wildman–Crippen LogP) is 3.58. The summed E-state index contributed by atoms with van der Waals surface area (Å²) in [6.45, 7) is 3.55. The van der Waals surface area contributed by atoms with E-state index in [0.29, 0.717) is 26.3 Å². The molecule has 0 aliphatic rings. The van der Waals surface area contributed by atoms with Crippen LogP contribution in [-0.4, -0.2) is 0 Å². The molecule has 0 saturated heterocycles. The molecule has 0 spiro atoms. The van der Waals surface area contributed by atoms with Crippen molar-refractivity contribution in [1.82, 2.24) is 0 Å². The summed E-state index contributed by atoms with van der Waals surface area (Å²) < 4.78 is 0. The van der Waals surface area contributed by atoms with Gasteiger partial charge < -0.3 is 5.73 Å². The van der Waals surface area contributed by atoms with E-state index in [9.17, 15) is 0 Å². The van der Waals surface area contributed by atoms with Gasteiger partial charge in [0.15, 0.2) is 0 Å². The van der Waals surface area contributed by atoms with Crippen molar-refractivity contribution < 1.29 is 0 Å². The molecule has 0 bridgehead atoms.